The zero-order valence-electron chi connectivity index (χ0n) is 17.9. The average Bonchev–Trinajstić information content (AvgIpc) is 2.71. The van der Waals surface area contributed by atoms with Gasteiger partial charge in [0.25, 0.3) is 6.48 Å². The second kappa shape index (κ2) is 9.57. The van der Waals surface area contributed by atoms with E-state index in [1.807, 2.05) is 0 Å². The molecule has 3 saturated carbocycles. The zero-order valence-corrected chi connectivity index (χ0v) is 17.9. The molecule has 0 aromatic rings. The van der Waals surface area contributed by atoms with E-state index in [9.17, 15) is 5.11 Å². The van der Waals surface area contributed by atoms with Gasteiger partial charge in [-0.3, -0.25) is 0 Å². The molecule has 0 aromatic carbocycles. The van der Waals surface area contributed by atoms with Gasteiger partial charge in [0.2, 0.25) is 0 Å². The molecular weight excluding hydrogens is 356 g/mol. The molecule has 0 aromatic heterocycles. The van der Waals surface area contributed by atoms with Crippen molar-refractivity contribution in [3.05, 3.63) is 12.2 Å². The average molecular weight is 397 g/mol. The number of allylic oxidation sites excluding steroid dienone is 1. The molecule has 0 saturated heterocycles. The van der Waals surface area contributed by atoms with Crippen molar-refractivity contribution in [3.8, 4) is 0 Å². The molecule has 3 aliphatic rings. The van der Waals surface area contributed by atoms with Crippen LogP contribution in [0.4, 0.5) is 0 Å². The summed E-state index contributed by atoms with van der Waals surface area (Å²) in [4.78, 5) is 0. The van der Waals surface area contributed by atoms with E-state index in [1.54, 1.807) is 0 Å². The summed E-state index contributed by atoms with van der Waals surface area (Å²) in [5.41, 5.74) is 0.834. The van der Waals surface area contributed by atoms with Crippen molar-refractivity contribution in [2.24, 2.45) is 23.7 Å². The lowest BCUT2D eigenvalue weighted by Gasteiger charge is -2.53. The second-order valence-electron chi connectivity index (χ2n) is 9.27. The van der Waals surface area contributed by atoms with E-state index in [-0.39, 0.29) is 24.7 Å². The summed E-state index contributed by atoms with van der Waals surface area (Å²) < 4.78 is 18.2. The lowest BCUT2D eigenvalue weighted by molar-refractivity contribution is -0.344. The predicted molar refractivity (Wildman–Crippen MR) is 109 cm³/mol. The second-order valence-corrected chi connectivity index (χ2v) is 9.27. The first-order chi connectivity index (χ1) is 13.4. The van der Waals surface area contributed by atoms with Crippen molar-refractivity contribution in [1.82, 2.24) is 0 Å². The largest absolute Gasteiger partial charge is 0.394 e. The molecule has 0 radical (unpaired) electrons. The van der Waals surface area contributed by atoms with Crippen molar-refractivity contribution in [3.63, 3.8) is 0 Å². The van der Waals surface area contributed by atoms with E-state index < -0.39 is 12.1 Å². The Bertz CT molecular complexity index is 523. The highest BCUT2D eigenvalue weighted by Crippen LogP contribution is 2.53. The number of rotatable bonds is 9. The zero-order chi connectivity index (χ0) is 20.3. The monoisotopic (exact) mass is 396 g/mol. The van der Waals surface area contributed by atoms with Gasteiger partial charge < -0.3 is 24.4 Å². The molecule has 0 aliphatic heterocycles. The molecule has 0 amide bonds. The van der Waals surface area contributed by atoms with Gasteiger partial charge in [0, 0.05) is 5.92 Å². The van der Waals surface area contributed by atoms with Crippen molar-refractivity contribution >= 4 is 0 Å². The van der Waals surface area contributed by atoms with Crippen LogP contribution in [0, 0.1) is 23.7 Å². The number of hydrogen-bond acceptors (Lipinski definition) is 5. The minimum atomic E-state index is -1.21. The molecule has 5 heteroatoms. The molecule has 3 aliphatic carbocycles. The SMILES string of the molecule is C=C1C(C)C2C(OC(O)OC(C)(CC)C3CCCCC3OCCO)CCCC12. The van der Waals surface area contributed by atoms with Gasteiger partial charge in [-0.05, 0) is 56.8 Å². The number of fused-ring (bicyclic) bond motifs is 1. The normalized spacial score (nSPS) is 39.0. The Kier molecular flexibility index (Phi) is 7.60. The van der Waals surface area contributed by atoms with Crippen molar-refractivity contribution in [2.45, 2.75) is 96.4 Å². The first kappa shape index (κ1) is 22.2. The van der Waals surface area contributed by atoms with E-state index in [4.69, 9.17) is 19.3 Å². The van der Waals surface area contributed by atoms with Crippen LogP contribution >= 0.6 is 0 Å². The van der Waals surface area contributed by atoms with Gasteiger partial charge >= 0.3 is 0 Å². The van der Waals surface area contributed by atoms with Crippen molar-refractivity contribution in [1.29, 1.82) is 0 Å². The van der Waals surface area contributed by atoms with Gasteiger partial charge in [-0.15, -0.1) is 0 Å². The minimum Gasteiger partial charge on any atom is -0.394 e. The lowest BCUT2D eigenvalue weighted by Crippen LogP contribution is -2.52. The topological polar surface area (TPSA) is 68.2 Å². The van der Waals surface area contributed by atoms with Gasteiger partial charge in [0.05, 0.1) is 31.0 Å². The molecule has 0 spiro atoms. The maximum Gasteiger partial charge on any atom is 0.269 e. The third-order valence-corrected chi connectivity index (χ3v) is 7.81. The quantitative estimate of drug-likeness (QED) is 0.455. The first-order valence-electron chi connectivity index (χ1n) is 11.3. The third kappa shape index (κ3) is 4.49. The minimum absolute atomic E-state index is 0.0341. The Labute approximate surface area is 170 Å². The molecule has 3 fully saturated rings. The first-order valence-corrected chi connectivity index (χ1v) is 11.3. The molecule has 8 atom stereocenters. The van der Waals surface area contributed by atoms with Crippen LogP contribution in [0.25, 0.3) is 0 Å². The fourth-order valence-corrected chi connectivity index (χ4v) is 5.95. The Morgan fingerprint density at radius 1 is 1.14 bits per heavy atom. The number of hydrogen-bond donors (Lipinski definition) is 2. The van der Waals surface area contributed by atoms with E-state index in [2.05, 4.69) is 27.4 Å². The summed E-state index contributed by atoms with van der Waals surface area (Å²) in [5, 5.41) is 19.8. The van der Waals surface area contributed by atoms with Gasteiger partial charge in [-0.2, -0.15) is 0 Å². The molecule has 162 valence electrons. The standard InChI is InChI=1S/C23H40O5/c1-5-23(4,18-10-6-7-11-19(18)26-14-13-24)28-22(25)27-20-12-8-9-17-15(2)16(3)21(17)20/h16-22,24-25H,2,5-14H2,1,3-4H3. The number of aliphatic hydroxyl groups excluding tert-OH is 2. The van der Waals surface area contributed by atoms with Crippen LogP contribution in [0.3, 0.4) is 0 Å². The highest BCUT2D eigenvalue weighted by atomic mass is 16.8. The van der Waals surface area contributed by atoms with Crippen LogP contribution < -0.4 is 0 Å². The maximum atomic E-state index is 10.7. The maximum absolute atomic E-state index is 10.7. The van der Waals surface area contributed by atoms with Gasteiger partial charge in [-0.1, -0.05) is 45.3 Å². The summed E-state index contributed by atoms with van der Waals surface area (Å²) in [6, 6.07) is 0. The molecule has 8 unspecified atom stereocenters. The summed E-state index contributed by atoms with van der Waals surface area (Å²) >= 11 is 0. The molecule has 28 heavy (non-hydrogen) atoms. The van der Waals surface area contributed by atoms with Crippen LogP contribution in [0.15, 0.2) is 12.2 Å². The smallest absolute Gasteiger partial charge is 0.269 e. The fourth-order valence-electron chi connectivity index (χ4n) is 5.95. The van der Waals surface area contributed by atoms with E-state index >= 15 is 0 Å². The molecule has 0 heterocycles. The van der Waals surface area contributed by atoms with Crippen LogP contribution in [-0.4, -0.2) is 47.7 Å². The highest BCUT2D eigenvalue weighted by Gasteiger charge is 2.49. The highest BCUT2D eigenvalue weighted by molar-refractivity contribution is 5.21. The summed E-state index contributed by atoms with van der Waals surface area (Å²) in [5.74, 6) is 1.67. The van der Waals surface area contributed by atoms with Crippen LogP contribution in [0.2, 0.25) is 0 Å². The molecular formula is C23H40O5. The number of aliphatic hydroxyl groups is 2. The van der Waals surface area contributed by atoms with Crippen molar-refractivity contribution in [2.75, 3.05) is 13.2 Å². The van der Waals surface area contributed by atoms with E-state index in [0.29, 0.717) is 24.4 Å². The van der Waals surface area contributed by atoms with Crippen molar-refractivity contribution < 1.29 is 24.4 Å². The molecule has 5 nitrogen and oxygen atoms in total. The predicted octanol–water partition coefficient (Wildman–Crippen LogP) is 4.02. The fraction of sp³-hybridized carbons (Fsp3) is 0.913. The van der Waals surface area contributed by atoms with Gasteiger partial charge in [-0.25, -0.2) is 0 Å². The molecule has 3 rings (SSSR count). The van der Waals surface area contributed by atoms with Gasteiger partial charge in [0.1, 0.15) is 0 Å². The van der Waals surface area contributed by atoms with Gasteiger partial charge in [0.15, 0.2) is 0 Å². The summed E-state index contributed by atoms with van der Waals surface area (Å²) in [6.45, 7) is 9.79. The Hall–Kier alpha value is -0.460. The third-order valence-electron chi connectivity index (χ3n) is 7.81. The van der Waals surface area contributed by atoms with Crippen LogP contribution in [-0.2, 0) is 14.2 Å². The Morgan fingerprint density at radius 3 is 2.57 bits per heavy atom. The molecule has 0 bridgehead atoms. The summed E-state index contributed by atoms with van der Waals surface area (Å²) in [7, 11) is 0. The Morgan fingerprint density at radius 2 is 1.86 bits per heavy atom. The number of ether oxygens (including phenoxy) is 3. The Balaban J connectivity index is 1.61. The molecule has 2 N–H and O–H groups in total. The van der Waals surface area contributed by atoms with E-state index in [0.717, 1.165) is 44.9 Å². The van der Waals surface area contributed by atoms with Crippen LogP contribution in [0.5, 0.6) is 0 Å². The van der Waals surface area contributed by atoms with E-state index in [1.165, 1.54) is 12.0 Å². The lowest BCUT2D eigenvalue weighted by atomic mass is 9.55. The summed E-state index contributed by atoms with van der Waals surface area (Å²) in [6.07, 6.45) is 8.46. The van der Waals surface area contributed by atoms with Crippen LogP contribution in [0.1, 0.15) is 72.1 Å².